The lowest BCUT2D eigenvalue weighted by molar-refractivity contribution is 0.0699. The number of para-hydroxylation sites is 1. The number of fused-ring (bicyclic) bond motifs is 2. The number of piperazine rings is 1. The van der Waals surface area contributed by atoms with Gasteiger partial charge in [0.1, 0.15) is 0 Å². The third kappa shape index (κ3) is 3.71. The highest BCUT2D eigenvalue weighted by Crippen LogP contribution is 2.24. The van der Waals surface area contributed by atoms with E-state index in [4.69, 9.17) is 0 Å². The second-order valence-electron chi connectivity index (χ2n) is 8.18. The maximum atomic E-state index is 13.3. The Hall–Kier alpha value is -3.49. The molecule has 1 aromatic heterocycles. The molecule has 168 valence electrons. The first-order valence-corrected chi connectivity index (χ1v) is 12.2. The van der Waals surface area contributed by atoms with E-state index in [9.17, 15) is 18.0 Å². The van der Waals surface area contributed by atoms with Crippen molar-refractivity contribution in [2.24, 2.45) is 7.05 Å². The second kappa shape index (κ2) is 8.13. The summed E-state index contributed by atoms with van der Waals surface area (Å²) in [5, 5.41) is 2.55. The summed E-state index contributed by atoms with van der Waals surface area (Å²) in [6, 6.07) is 21.4. The van der Waals surface area contributed by atoms with Crippen LogP contribution >= 0.6 is 0 Å². The number of aromatic nitrogens is 1. The number of benzene rings is 3. The Labute approximate surface area is 191 Å². The molecule has 1 amide bonds. The predicted molar refractivity (Wildman–Crippen MR) is 128 cm³/mol. The molecule has 0 atom stereocenters. The molecule has 0 spiro atoms. The minimum atomic E-state index is -3.67. The number of sulfonamides is 1. The summed E-state index contributed by atoms with van der Waals surface area (Å²) in [6.45, 7) is 0.914. The van der Waals surface area contributed by atoms with Gasteiger partial charge in [-0.25, -0.2) is 8.42 Å². The number of nitrogens with zero attached hydrogens (tertiary/aromatic N) is 3. The number of pyridine rings is 1. The molecule has 1 aliphatic rings. The highest BCUT2D eigenvalue weighted by Gasteiger charge is 2.31. The molecule has 33 heavy (non-hydrogen) atoms. The second-order valence-corrected chi connectivity index (χ2v) is 10.1. The molecule has 0 radical (unpaired) electrons. The number of aryl methyl sites for hydroxylation is 1. The maximum Gasteiger partial charge on any atom is 0.254 e. The molecule has 0 bridgehead atoms. The van der Waals surface area contributed by atoms with Crippen LogP contribution in [0.25, 0.3) is 21.7 Å². The SMILES string of the molecule is Cn1c(=O)cc(C(=O)N2CCN(S(=O)(=O)c3ccc4ccccc4c3)CC2)c2ccccc21. The van der Waals surface area contributed by atoms with Gasteiger partial charge in [-0.1, -0.05) is 48.5 Å². The number of carbonyl (C=O) groups is 1. The average Bonchev–Trinajstić information content (AvgIpc) is 2.85. The summed E-state index contributed by atoms with van der Waals surface area (Å²) in [5.74, 6) is -0.258. The molecule has 0 N–H and O–H groups in total. The van der Waals surface area contributed by atoms with Crippen molar-refractivity contribution in [1.29, 1.82) is 0 Å². The van der Waals surface area contributed by atoms with Crippen LogP contribution in [0.5, 0.6) is 0 Å². The van der Waals surface area contributed by atoms with Gasteiger partial charge in [0, 0.05) is 44.7 Å². The van der Waals surface area contributed by atoms with E-state index in [1.807, 2.05) is 54.6 Å². The van der Waals surface area contributed by atoms with Crippen molar-refractivity contribution in [1.82, 2.24) is 13.8 Å². The van der Waals surface area contributed by atoms with Crippen molar-refractivity contribution in [2.45, 2.75) is 4.90 Å². The van der Waals surface area contributed by atoms with Crippen molar-refractivity contribution >= 4 is 37.6 Å². The lowest BCUT2D eigenvalue weighted by Crippen LogP contribution is -2.50. The van der Waals surface area contributed by atoms with Crippen LogP contribution in [0.3, 0.4) is 0 Å². The van der Waals surface area contributed by atoms with Crippen molar-refractivity contribution in [3.8, 4) is 0 Å². The van der Waals surface area contributed by atoms with Gasteiger partial charge in [0.15, 0.2) is 0 Å². The molecular weight excluding hydrogens is 438 g/mol. The van der Waals surface area contributed by atoms with Gasteiger partial charge in [0.05, 0.1) is 16.0 Å². The summed E-state index contributed by atoms with van der Waals surface area (Å²) in [6.07, 6.45) is 0. The zero-order valence-electron chi connectivity index (χ0n) is 18.1. The van der Waals surface area contributed by atoms with Gasteiger partial charge >= 0.3 is 0 Å². The van der Waals surface area contributed by atoms with Gasteiger partial charge in [0.2, 0.25) is 10.0 Å². The Morgan fingerprint density at radius 2 is 1.48 bits per heavy atom. The molecule has 1 fully saturated rings. The molecular formula is C25H23N3O4S. The largest absolute Gasteiger partial charge is 0.336 e. The average molecular weight is 462 g/mol. The first kappa shape index (κ1) is 21.4. The number of rotatable bonds is 3. The van der Waals surface area contributed by atoms with E-state index in [1.165, 1.54) is 14.9 Å². The molecule has 0 aliphatic carbocycles. The van der Waals surface area contributed by atoms with Crippen molar-refractivity contribution in [3.05, 3.63) is 88.7 Å². The van der Waals surface area contributed by atoms with E-state index in [1.54, 1.807) is 24.1 Å². The monoisotopic (exact) mass is 461 g/mol. The van der Waals surface area contributed by atoms with Crippen LogP contribution < -0.4 is 5.56 Å². The van der Waals surface area contributed by atoms with Crippen molar-refractivity contribution in [2.75, 3.05) is 26.2 Å². The summed E-state index contributed by atoms with van der Waals surface area (Å²) >= 11 is 0. The fraction of sp³-hybridized carbons (Fsp3) is 0.200. The van der Waals surface area contributed by atoms with Crippen LogP contribution in [0.1, 0.15) is 10.4 Å². The fourth-order valence-electron chi connectivity index (χ4n) is 4.37. The molecule has 8 heteroatoms. The quantitative estimate of drug-likeness (QED) is 0.470. The normalized spacial score (nSPS) is 15.2. The zero-order chi connectivity index (χ0) is 23.2. The molecule has 1 aliphatic heterocycles. The minimum Gasteiger partial charge on any atom is -0.336 e. The minimum absolute atomic E-state index is 0.198. The van der Waals surface area contributed by atoms with Gasteiger partial charge in [-0.15, -0.1) is 0 Å². The fourth-order valence-corrected chi connectivity index (χ4v) is 5.82. The zero-order valence-corrected chi connectivity index (χ0v) is 19.0. The highest BCUT2D eigenvalue weighted by molar-refractivity contribution is 7.89. The molecule has 0 unspecified atom stereocenters. The van der Waals surface area contributed by atoms with Gasteiger partial charge < -0.3 is 9.47 Å². The first-order chi connectivity index (χ1) is 15.9. The highest BCUT2D eigenvalue weighted by atomic mass is 32.2. The molecule has 5 rings (SSSR count). The van der Waals surface area contributed by atoms with E-state index >= 15 is 0 Å². The lowest BCUT2D eigenvalue weighted by atomic mass is 10.1. The Balaban J connectivity index is 1.38. The van der Waals surface area contributed by atoms with Gasteiger partial charge in [-0.2, -0.15) is 4.31 Å². The predicted octanol–water partition coefficient (Wildman–Crippen LogP) is 2.84. The van der Waals surface area contributed by atoms with Gasteiger partial charge in [0.25, 0.3) is 11.5 Å². The topological polar surface area (TPSA) is 79.7 Å². The van der Waals surface area contributed by atoms with E-state index < -0.39 is 10.0 Å². The van der Waals surface area contributed by atoms with Crippen molar-refractivity contribution < 1.29 is 13.2 Å². The molecule has 2 heterocycles. The third-order valence-corrected chi connectivity index (χ3v) is 8.16. The Kier molecular flexibility index (Phi) is 5.26. The van der Waals surface area contributed by atoms with E-state index in [-0.39, 0.29) is 42.5 Å². The van der Waals surface area contributed by atoms with Gasteiger partial charge in [-0.3, -0.25) is 9.59 Å². The van der Waals surface area contributed by atoms with Crippen molar-refractivity contribution in [3.63, 3.8) is 0 Å². The number of hydrogen-bond acceptors (Lipinski definition) is 4. The molecule has 3 aromatic carbocycles. The Morgan fingerprint density at radius 1 is 0.818 bits per heavy atom. The first-order valence-electron chi connectivity index (χ1n) is 10.7. The van der Waals surface area contributed by atoms with Crippen LogP contribution in [-0.4, -0.2) is 54.3 Å². The van der Waals surface area contributed by atoms with Crippen LogP contribution in [0, 0.1) is 0 Å². The number of carbonyl (C=O) groups excluding carboxylic acids is 1. The molecule has 1 saturated heterocycles. The summed E-state index contributed by atoms with van der Waals surface area (Å²) in [7, 11) is -2.00. The third-order valence-electron chi connectivity index (χ3n) is 6.27. The van der Waals surface area contributed by atoms with E-state index in [0.29, 0.717) is 16.5 Å². The summed E-state index contributed by atoms with van der Waals surface area (Å²) < 4.78 is 29.4. The Bertz CT molecular complexity index is 1550. The summed E-state index contributed by atoms with van der Waals surface area (Å²) in [4.78, 5) is 27.5. The Morgan fingerprint density at radius 3 is 2.24 bits per heavy atom. The van der Waals surface area contributed by atoms with Gasteiger partial charge in [-0.05, 0) is 29.0 Å². The smallest absolute Gasteiger partial charge is 0.254 e. The van der Waals surface area contributed by atoms with Crippen LogP contribution in [-0.2, 0) is 17.1 Å². The van der Waals surface area contributed by atoms with Crippen LogP contribution in [0.15, 0.2) is 82.5 Å². The van der Waals surface area contributed by atoms with E-state index in [0.717, 1.165) is 10.8 Å². The summed E-state index contributed by atoms with van der Waals surface area (Å²) in [5.41, 5.74) is 0.778. The van der Waals surface area contributed by atoms with Crippen LogP contribution in [0.4, 0.5) is 0 Å². The molecule has 4 aromatic rings. The maximum absolute atomic E-state index is 13.3. The molecule has 0 saturated carbocycles. The lowest BCUT2D eigenvalue weighted by Gasteiger charge is -2.34. The number of amides is 1. The standard InChI is InChI=1S/C25H23N3O4S/c1-26-23-9-5-4-8-21(23)22(17-24(26)29)25(30)27-12-14-28(15-13-27)33(31,32)20-11-10-18-6-2-3-7-19(18)16-20/h2-11,16-17H,12-15H2,1H3. The molecule has 7 nitrogen and oxygen atoms in total. The number of hydrogen-bond donors (Lipinski definition) is 0. The van der Waals surface area contributed by atoms with Crippen LogP contribution in [0.2, 0.25) is 0 Å². The van der Waals surface area contributed by atoms with E-state index in [2.05, 4.69) is 0 Å².